The Bertz CT molecular complexity index is 1040. The van der Waals surface area contributed by atoms with Crippen molar-refractivity contribution in [2.45, 2.75) is 0 Å². The average molecular weight is 339 g/mol. The summed E-state index contributed by atoms with van der Waals surface area (Å²) in [6.45, 7) is 0. The van der Waals surface area contributed by atoms with Crippen LogP contribution in [0.25, 0.3) is 10.9 Å². The van der Waals surface area contributed by atoms with E-state index >= 15 is 0 Å². The van der Waals surface area contributed by atoms with Gasteiger partial charge in [-0.05, 0) is 48.5 Å². The highest BCUT2D eigenvalue weighted by molar-refractivity contribution is 6.12. The van der Waals surface area contributed by atoms with E-state index in [1.165, 1.54) is 0 Å². The first kappa shape index (κ1) is 15.8. The second-order valence-corrected chi connectivity index (χ2v) is 5.90. The lowest BCUT2D eigenvalue weighted by Crippen LogP contribution is -2.12. The van der Waals surface area contributed by atoms with Crippen molar-refractivity contribution in [1.82, 2.24) is 4.98 Å². The molecule has 3 aromatic carbocycles. The second-order valence-electron chi connectivity index (χ2n) is 5.90. The molecule has 0 unspecified atom stereocenters. The van der Waals surface area contributed by atoms with E-state index in [0.29, 0.717) is 5.56 Å². The Balaban J connectivity index is 1.51. The molecule has 0 aliphatic carbocycles. The zero-order chi connectivity index (χ0) is 17.8. The number of para-hydroxylation sites is 2. The lowest BCUT2D eigenvalue weighted by atomic mass is 10.1. The van der Waals surface area contributed by atoms with Gasteiger partial charge in [-0.15, -0.1) is 0 Å². The van der Waals surface area contributed by atoms with Gasteiger partial charge in [-0.1, -0.05) is 36.4 Å². The Kier molecular flexibility index (Phi) is 4.31. The second kappa shape index (κ2) is 7.07. The minimum absolute atomic E-state index is 0.146. The molecule has 126 valence electrons. The normalized spacial score (nSPS) is 10.5. The van der Waals surface area contributed by atoms with Crippen LogP contribution in [0.4, 0.5) is 17.1 Å². The van der Waals surface area contributed by atoms with Crippen LogP contribution in [-0.4, -0.2) is 10.9 Å². The van der Waals surface area contributed by atoms with Crippen LogP contribution >= 0.6 is 0 Å². The number of nitrogens with zero attached hydrogens (tertiary/aromatic N) is 1. The van der Waals surface area contributed by atoms with Gasteiger partial charge < -0.3 is 10.6 Å². The Hall–Kier alpha value is -3.66. The maximum absolute atomic E-state index is 12.6. The molecule has 0 fully saturated rings. The molecular formula is C22H17N3O. The molecule has 4 nitrogen and oxygen atoms in total. The maximum Gasteiger partial charge on any atom is 0.256 e. The zero-order valence-electron chi connectivity index (χ0n) is 14.0. The summed E-state index contributed by atoms with van der Waals surface area (Å²) in [5, 5.41) is 7.11. The van der Waals surface area contributed by atoms with Crippen molar-refractivity contribution < 1.29 is 4.79 Å². The number of hydrogen-bond donors (Lipinski definition) is 2. The summed E-state index contributed by atoms with van der Waals surface area (Å²) in [5.74, 6) is -0.146. The van der Waals surface area contributed by atoms with Crippen molar-refractivity contribution in [3.05, 3.63) is 96.7 Å². The van der Waals surface area contributed by atoms with Gasteiger partial charge in [0.2, 0.25) is 0 Å². The molecule has 0 aliphatic heterocycles. The Morgan fingerprint density at radius 1 is 0.692 bits per heavy atom. The number of carbonyl (C=O) groups excluding carboxylic acids is 1. The average Bonchev–Trinajstić information content (AvgIpc) is 2.70. The fraction of sp³-hybridized carbons (Fsp3) is 0. The molecule has 4 heteroatoms. The smallest absolute Gasteiger partial charge is 0.256 e. The molecule has 0 atom stereocenters. The number of hydrogen-bond acceptors (Lipinski definition) is 3. The van der Waals surface area contributed by atoms with Crippen LogP contribution in [0.15, 0.2) is 91.1 Å². The number of anilines is 3. The Labute approximate surface area is 151 Å². The third-order valence-corrected chi connectivity index (χ3v) is 4.10. The quantitative estimate of drug-likeness (QED) is 0.535. The zero-order valence-corrected chi connectivity index (χ0v) is 14.0. The predicted molar refractivity (Wildman–Crippen MR) is 106 cm³/mol. The molecule has 0 aliphatic rings. The van der Waals surface area contributed by atoms with Crippen LogP contribution in [0, 0.1) is 0 Å². The summed E-state index contributed by atoms with van der Waals surface area (Å²) >= 11 is 0. The lowest BCUT2D eigenvalue weighted by Gasteiger charge is -2.10. The minimum Gasteiger partial charge on any atom is -0.356 e. The van der Waals surface area contributed by atoms with Crippen LogP contribution in [-0.2, 0) is 0 Å². The maximum atomic E-state index is 12.6. The van der Waals surface area contributed by atoms with Gasteiger partial charge in [0, 0.05) is 28.6 Å². The molecule has 0 saturated heterocycles. The SMILES string of the molecule is O=C(Nc1ccc(Nc2ccccc2)cc1)c1ccnc2ccccc12. The first-order valence-electron chi connectivity index (χ1n) is 8.37. The first-order chi connectivity index (χ1) is 12.8. The topological polar surface area (TPSA) is 54.0 Å². The van der Waals surface area contributed by atoms with Gasteiger partial charge in [0.1, 0.15) is 0 Å². The van der Waals surface area contributed by atoms with E-state index in [4.69, 9.17) is 0 Å². The van der Waals surface area contributed by atoms with Crippen LogP contribution in [0.1, 0.15) is 10.4 Å². The summed E-state index contributed by atoms with van der Waals surface area (Å²) in [6, 6.07) is 27.0. The predicted octanol–water partition coefficient (Wildman–Crippen LogP) is 5.23. The fourth-order valence-corrected chi connectivity index (χ4v) is 2.82. The van der Waals surface area contributed by atoms with Crippen molar-refractivity contribution in [2.75, 3.05) is 10.6 Å². The third kappa shape index (κ3) is 3.39. The van der Waals surface area contributed by atoms with Gasteiger partial charge in [-0.3, -0.25) is 9.78 Å². The minimum atomic E-state index is -0.146. The molecule has 0 saturated carbocycles. The molecule has 1 heterocycles. The van der Waals surface area contributed by atoms with Gasteiger partial charge in [0.15, 0.2) is 0 Å². The van der Waals surface area contributed by atoms with Crippen LogP contribution in [0.5, 0.6) is 0 Å². The number of pyridine rings is 1. The molecule has 1 aromatic heterocycles. The van der Waals surface area contributed by atoms with Gasteiger partial charge in [0.05, 0.1) is 11.1 Å². The Morgan fingerprint density at radius 2 is 1.35 bits per heavy atom. The number of benzene rings is 3. The molecule has 2 N–H and O–H groups in total. The van der Waals surface area contributed by atoms with Gasteiger partial charge >= 0.3 is 0 Å². The largest absolute Gasteiger partial charge is 0.356 e. The first-order valence-corrected chi connectivity index (χ1v) is 8.37. The molecule has 0 bridgehead atoms. The molecule has 0 spiro atoms. The van der Waals surface area contributed by atoms with Crippen molar-refractivity contribution in [3.63, 3.8) is 0 Å². The van der Waals surface area contributed by atoms with E-state index < -0.39 is 0 Å². The highest BCUT2D eigenvalue weighted by atomic mass is 16.1. The van der Waals surface area contributed by atoms with E-state index in [0.717, 1.165) is 28.0 Å². The van der Waals surface area contributed by atoms with E-state index in [1.54, 1.807) is 12.3 Å². The summed E-state index contributed by atoms with van der Waals surface area (Å²) in [6.07, 6.45) is 1.66. The monoisotopic (exact) mass is 339 g/mol. The van der Waals surface area contributed by atoms with Gasteiger partial charge in [-0.25, -0.2) is 0 Å². The highest BCUT2D eigenvalue weighted by Gasteiger charge is 2.10. The number of rotatable bonds is 4. The van der Waals surface area contributed by atoms with E-state index in [1.807, 2.05) is 78.9 Å². The van der Waals surface area contributed by atoms with Crippen LogP contribution in [0.3, 0.4) is 0 Å². The van der Waals surface area contributed by atoms with E-state index in [9.17, 15) is 4.79 Å². The van der Waals surface area contributed by atoms with Crippen molar-refractivity contribution >= 4 is 33.9 Å². The number of aromatic nitrogens is 1. The van der Waals surface area contributed by atoms with Crippen LogP contribution < -0.4 is 10.6 Å². The molecular weight excluding hydrogens is 322 g/mol. The summed E-state index contributed by atoms with van der Waals surface area (Å²) in [4.78, 5) is 16.9. The molecule has 0 radical (unpaired) electrons. The standard InChI is InChI=1S/C22H17N3O/c26-22(20-14-15-23-21-9-5-4-8-19(20)21)25-18-12-10-17(11-13-18)24-16-6-2-1-3-7-16/h1-15,24H,(H,25,26). The number of fused-ring (bicyclic) bond motifs is 1. The van der Waals surface area contributed by atoms with Crippen molar-refractivity contribution in [1.29, 1.82) is 0 Å². The third-order valence-electron chi connectivity index (χ3n) is 4.10. The lowest BCUT2D eigenvalue weighted by molar-refractivity contribution is 0.102. The Morgan fingerprint density at radius 3 is 2.15 bits per heavy atom. The number of carbonyl (C=O) groups is 1. The summed E-state index contributed by atoms with van der Waals surface area (Å²) < 4.78 is 0. The summed E-state index contributed by atoms with van der Waals surface area (Å²) in [7, 11) is 0. The van der Waals surface area contributed by atoms with E-state index in [-0.39, 0.29) is 5.91 Å². The molecule has 26 heavy (non-hydrogen) atoms. The molecule has 4 aromatic rings. The van der Waals surface area contributed by atoms with Gasteiger partial charge in [-0.2, -0.15) is 0 Å². The van der Waals surface area contributed by atoms with Crippen molar-refractivity contribution in [3.8, 4) is 0 Å². The van der Waals surface area contributed by atoms with E-state index in [2.05, 4.69) is 15.6 Å². The molecule has 1 amide bonds. The highest BCUT2D eigenvalue weighted by Crippen LogP contribution is 2.21. The number of amides is 1. The van der Waals surface area contributed by atoms with Crippen molar-refractivity contribution in [2.24, 2.45) is 0 Å². The fourth-order valence-electron chi connectivity index (χ4n) is 2.82. The summed E-state index contributed by atoms with van der Waals surface area (Å²) in [5.41, 5.74) is 4.15. The number of nitrogens with one attached hydrogen (secondary N) is 2. The molecule has 4 rings (SSSR count). The van der Waals surface area contributed by atoms with Gasteiger partial charge in [0.25, 0.3) is 5.91 Å². The van der Waals surface area contributed by atoms with Crippen LogP contribution in [0.2, 0.25) is 0 Å².